The first kappa shape index (κ1) is 16.1. The van der Waals surface area contributed by atoms with E-state index in [-0.39, 0.29) is 18.9 Å². The molecule has 0 aliphatic carbocycles. The maximum Gasteiger partial charge on any atom is 0.573 e. The van der Waals surface area contributed by atoms with Gasteiger partial charge in [0.25, 0.3) is 0 Å². The number of alkyl halides is 3. The van der Waals surface area contributed by atoms with Crippen LogP contribution in [0.2, 0.25) is 0 Å². The number of carbonyl (C=O) groups is 1. The molecule has 0 atom stereocenters. The van der Waals surface area contributed by atoms with Crippen molar-refractivity contribution in [1.29, 1.82) is 0 Å². The van der Waals surface area contributed by atoms with E-state index in [2.05, 4.69) is 15.4 Å². The van der Waals surface area contributed by atoms with Crippen molar-refractivity contribution in [1.82, 2.24) is 10.6 Å². The third-order valence-corrected chi connectivity index (χ3v) is 2.25. The van der Waals surface area contributed by atoms with E-state index >= 15 is 0 Å². The fourth-order valence-electron chi connectivity index (χ4n) is 1.41. The van der Waals surface area contributed by atoms with Gasteiger partial charge in [-0.2, -0.15) is 0 Å². The molecule has 0 heterocycles. The molecule has 20 heavy (non-hydrogen) atoms. The molecule has 5 nitrogen and oxygen atoms in total. The van der Waals surface area contributed by atoms with Gasteiger partial charge in [0.1, 0.15) is 5.75 Å². The zero-order valence-electron chi connectivity index (χ0n) is 10.5. The molecular weight excluding hydrogens is 277 g/mol. The smallest absolute Gasteiger partial charge is 0.406 e. The maximum absolute atomic E-state index is 11.9. The first-order valence-electron chi connectivity index (χ1n) is 5.88. The van der Waals surface area contributed by atoms with E-state index in [1.54, 1.807) is 0 Å². The summed E-state index contributed by atoms with van der Waals surface area (Å²) < 4.78 is 39.6. The first-order valence-corrected chi connectivity index (χ1v) is 5.88. The first-order chi connectivity index (χ1) is 9.40. The van der Waals surface area contributed by atoms with Gasteiger partial charge in [0.15, 0.2) is 0 Å². The second-order valence-electron chi connectivity index (χ2n) is 3.85. The van der Waals surface area contributed by atoms with E-state index in [4.69, 9.17) is 5.11 Å². The number of hydrogen-bond acceptors (Lipinski definition) is 3. The highest BCUT2D eigenvalue weighted by Gasteiger charge is 2.30. The summed E-state index contributed by atoms with van der Waals surface area (Å²) in [5.41, 5.74) is 0.766. The lowest BCUT2D eigenvalue weighted by atomic mass is 10.1. The fourth-order valence-corrected chi connectivity index (χ4v) is 1.41. The van der Waals surface area contributed by atoms with E-state index in [0.29, 0.717) is 13.0 Å². The van der Waals surface area contributed by atoms with E-state index in [1.807, 2.05) is 0 Å². The van der Waals surface area contributed by atoms with Crippen LogP contribution in [0.25, 0.3) is 0 Å². The van der Waals surface area contributed by atoms with Crippen LogP contribution < -0.4 is 15.4 Å². The Hall–Kier alpha value is -1.96. The monoisotopic (exact) mass is 292 g/mol. The molecule has 1 aromatic carbocycles. The van der Waals surface area contributed by atoms with Gasteiger partial charge in [-0.25, -0.2) is 4.79 Å². The third-order valence-electron chi connectivity index (χ3n) is 2.25. The van der Waals surface area contributed by atoms with Crippen molar-refractivity contribution in [3.8, 4) is 5.75 Å². The molecule has 0 bridgehead atoms. The SMILES string of the molecule is O=C(NCCO)NCCc1ccc(OC(F)(F)F)cc1. The van der Waals surface area contributed by atoms with Crippen molar-refractivity contribution in [3.63, 3.8) is 0 Å². The number of benzene rings is 1. The molecule has 0 unspecified atom stereocenters. The van der Waals surface area contributed by atoms with Crippen LogP contribution in [0.5, 0.6) is 5.75 Å². The van der Waals surface area contributed by atoms with Gasteiger partial charge in [-0.15, -0.1) is 13.2 Å². The Morgan fingerprint density at radius 1 is 1.15 bits per heavy atom. The molecule has 0 saturated carbocycles. The van der Waals surface area contributed by atoms with Gasteiger partial charge >= 0.3 is 12.4 Å². The molecule has 1 rings (SSSR count). The molecule has 8 heteroatoms. The topological polar surface area (TPSA) is 70.6 Å². The van der Waals surface area contributed by atoms with E-state index in [0.717, 1.165) is 5.56 Å². The Morgan fingerprint density at radius 3 is 2.30 bits per heavy atom. The van der Waals surface area contributed by atoms with Crippen LogP contribution in [0.1, 0.15) is 5.56 Å². The summed E-state index contributed by atoms with van der Waals surface area (Å²) in [6, 6.07) is 5.02. The zero-order valence-corrected chi connectivity index (χ0v) is 10.5. The summed E-state index contributed by atoms with van der Waals surface area (Å²) >= 11 is 0. The highest BCUT2D eigenvalue weighted by molar-refractivity contribution is 5.73. The lowest BCUT2D eigenvalue weighted by Gasteiger charge is -2.09. The van der Waals surface area contributed by atoms with E-state index < -0.39 is 12.4 Å². The highest BCUT2D eigenvalue weighted by atomic mass is 19.4. The summed E-state index contributed by atoms with van der Waals surface area (Å²) in [7, 11) is 0. The van der Waals surface area contributed by atoms with Crippen molar-refractivity contribution in [2.75, 3.05) is 19.7 Å². The Balaban J connectivity index is 2.33. The second-order valence-corrected chi connectivity index (χ2v) is 3.85. The fraction of sp³-hybridized carbons (Fsp3) is 0.417. The second kappa shape index (κ2) is 7.59. The lowest BCUT2D eigenvalue weighted by Crippen LogP contribution is -2.37. The van der Waals surface area contributed by atoms with Gasteiger partial charge in [-0.05, 0) is 24.1 Å². The number of amides is 2. The number of hydrogen-bond donors (Lipinski definition) is 3. The van der Waals surface area contributed by atoms with Crippen LogP contribution in [0, 0.1) is 0 Å². The summed E-state index contributed by atoms with van der Waals surface area (Å²) in [5, 5.41) is 13.4. The van der Waals surface area contributed by atoms with Crippen molar-refractivity contribution >= 4 is 6.03 Å². The average molecular weight is 292 g/mol. The quantitative estimate of drug-likeness (QED) is 0.742. The number of aliphatic hydroxyl groups is 1. The number of ether oxygens (including phenoxy) is 1. The maximum atomic E-state index is 11.9. The van der Waals surface area contributed by atoms with Gasteiger partial charge < -0.3 is 20.5 Å². The Kier molecular flexibility index (Phi) is 6.10. The lowest BCUT2D eigenvalue weighted by molar-refractivity contribution is -0.274. The normalized spacial score (nSPS) is 11.0. The van der Waals surface area contributed by atoms with Gasteiger partial charge in [0, 0.05) is 13.1 Å². The van der Waals surface area contributed by atoms with Crippen molar-refractivity contribution in [3.05, 3.63) is 29.8 Å². The summed E-state index contributed by atoms with van der Waals surface area (Å²) in [5.74, 6) is -0.283. The molecular formula is C12H15F3N2O3. The highest BCUT2D eigenvalue weighted by Crippen LogP contribution is 2.22. The third kappa shape index (κ3) is 6.83. The van der Waals surface area contributed by atoms with Crippen LogP contribution in [0.15, 0.2) is 24.3 Å². The van der Waals surface area contributed by atoms with Gasteiger partial charge in [-0.3, -0.25) is 0 Å². The average Bonchev–Trinajstić information content (AvgIpc) is 2.37. The number of nitrogens with one attached hydrogen (secondary N) is 2. The van der Waals surface area contributed by atoms with Gasteiger partial charge in [-0.1, -0.05) is 12.1 Å². The number of urea groups is 1. The van der Waals surface area contributed by atoms with Crippen LogP contribution in [0.4, 0.5) is 18.0 Å². The van der Waals surface area contributed by atoms with Crippen molar-refractivity contribution in [2.45, 2.75) is 12.8 Å². The molecule has 2 amide bonds. The Bertz CT molecular complexity index is 421. The molecule has 0 aliphatic rings. The number of aliphatic hydroxyl groups excluding tert-OH is 1. The standard InChI is InChI=1S/C12H15F3N2O3/c13-12(14,15)20-10-3-1-9(2-4-10)5-6-16-11(19)17-7-8-18/h1-4,18H,5-8H2,(H2,16,17,19). The predicted molar refractivity (Wildman–Crippen MR) is 65.3 cm³/mol. The molecule has 0 saturated heterocycles. The number of carbonyl (C=O) groups excluding carboxylic acids is 1. The minimum atomic E-state index is -4.70. The molecule has 0 aromatic heterocycles. The minimum Gasteiger partial charge on any atom is -0.406 e. The Labute approximate surface area is 113 Å². The number of rotatable bonds is 6. The summed E-state index contributed by atoms with van der Waals surface area (Å²) in [6.45, 7) is 0.347. The van der Waals surface area contributed by atoms with Crippen molar-refractivity contribution < 1.29 is 27.8 Å². The molecule has 3 N–H and O–H groups in total. The Morgan fingerprint density at radius 2 is 1.75 bits per heavy atom. The molecule has 0 spiro atoms. The van der Waals surface area contributed by atoms with E-state index in [9.17, 15) is 18.0 Å². The predicted octanol–water partition coefficient (Wildman–Crippen LogP) is 1.42. The molecule has 1 aromatic rings. The minimum absolute atomic E-state index is 0.145. The van der Waals surface area contributed by atoms with Gasteiger partial charge in [0.2, 0.25) is 0 Å². The van der Waals surface area contributed by atoms with Crippen LogP contribution in [-0.2, 0) is 6.42 Å². The van der Waals surface area contributed by atoms with Crippen LogP contribution in [0.3, 0.4) is 0 Å². The van der Waals surface area contributed by atoms with E-state index in [1.165, 1.54) is 24.3 Å². The zero-order chi connectivity index (χ0) is 15.0. The summed E-state index contributed by atoms with van der Waals surface area (Å²) in [4.78, 5) is 11.1. The molecule has 0 fully saturated rings. The van der Waals surface area contributed by atoms with Crippen molar-refractivity contribution in [2.24, 2.45) is 0 Å². The molecule has 0 radical (unpaired) electrons. The van der Waals surface area contributed by atoms with Crippen LogP contribution >= 0.6 is 0 Å². The van der Waals surface area contributed by atoms with Gasteiger partial charge in [0.05, 0.1) is 6.61 Å². The number of halogens is 3. The molecule has 112 valence electrons. The van der Waals surface area contributed by atoms with Crippen LogP contribution in [-0.4, -0.2) is 37.2 Å². The summed E-state index contributed by atoms with van der Waals surface area (Å²) in [6.07, 6.45) is -4.23. The largest absolute Gasteiger partial charge is 0.573 e. The molecule has 0 aliphatic heterocycles.